The fraction of sp³-hybridized carbons (Fsp3) is 0.0952. The topological polar surface area (TPSA) is 55.4 Å². The van der Waals surface area contributed by atoms with Crippen LogP contribution in [0, 0.1) is 13.8 Å². The Kier molecular flexibility index (Phi) is 3.65. The van der Waals surface area contributed by atoms with Crippen molar-refractivity contribution < 1.29 is 8.83 Å². The van der Waals surface area contributed by atoms with E-state index < -0.39 is 5.63 Å². The normalized spacial score (nSPS) is 11.0. The molecular weight excluding hydrogens is 314 g/mol. The van der Waals surface area contributed by atoms with E-state index in [1.54, 1.807) is 13.0 Å². The summed E-state index contributed by atoms with van der Waals surface area (Å²) in [4.78, 5) is 12.5. The monoisotopic (exact) mass is 331 g/mol. The number of fused-ring (bicyclic) bond motifs is 1. The quantitative estimate of drug-likeness (QED) is 0.545. The summed E-state index contributed by atoms with van der Waals surface area (Å²) in [5.74, 6) is 1.06. The van der Waals surface area contributed by atoms with Crippen LogP contribution in [0.2, 0.25) is 0 Å². The van der Waals surface area contributed by atoms with Crippen molar-refractivity contribution in [2.75, 3.05) is 5.32 Å². The Balaban J connectivity index is 1.99. The van der Waals surface area contributed by atoms with Crippen LogP contribution < -0.4 is 10.9 Å². The zero-order valence-corrected chi connectivity index (χ0v) is 14.0. The predicted octanol–water partition coefficient (Wildman–Crippen LogP) is 5.41. The molecule has 0 aliphatic heterocycles. The number of hydrogen-bond acceptors (Lipinski definition) is 4. The number of benzene rings is 2. The molecule has 4 rings (SSSR count). The van der Waals surface area contributed by atoms with Gasteiger partial charge in [-0.05, 0) is 31.0 Å². The Morgan fingerprint density at radius 2 is 1.60 bits per heavy atom. The minimum atomic E-state index is -0.393. The highest BCUT2D eigenvalue weighted by Gasteiger charge is 2.20. The molecule has 0 spiro atoms. The zero-order valence-electron chi connectivity index (χ0n) is 14.0. The van der Waals surface area contributed by atoms with Crippen molar-refractivity contribution in [1.29, 1.82) is 0 Å². The average molecular weight is 331 g/mol. The molecule has 4 aromatic rings. The van der Waals surface area contributed by atoms with Crippen molar-refractivity contribution in [3.05, 3.63) is 82.4 Å². The maximum Gasteiger partial charge on any atom is 0.347 e. The molecule has 0 amide bonds. The van der Waals surface area contributed by atoms with Gasteiger partial charge in [0, 0.05) is 11.8 Å². The van der Waals surface area contributed by atoms with Crippen LogP contribution >= 0.6 is 0 Å². The van der Waals surface area contributed by atoms with E-state index in [0.717, 1.165) is 16.8 Å². The van der Waals surface area contributed by atoms with Gasteiger partial charge in [0.05, 0.1) is 5.56 Å². The van der Waals surface area contributed by atoms with Crippen LogP contribution in [0.3, 0.4) is 0 Å². The minimum absolute atomic E-state index is 0.393. The second-order valence-electron chi connectivity index (χ2n) is 6.00. The van der Waals surface area contributed by atoms with Crippen LogP contribution in [0.1, 0.15) is 11.3 Å². The molecule has 4 heteroatoms. The molecular formula is C21H17NO3. The first-order valence-corrected chi connectivity index (χ1v) is 8.09. The number of para-hydroxylation sites is 1. The molecule has 0 unspecified atom stereocenters. The van der Waals surface area contributed by atoms with Crippen LogP contribution in [0.4, 0.5) is 11.6 Å². The highest BCUT2D eigenvalue weighted by Crippen LogP contribution is 2.38. The SMILES string of the molecule is Cc1cc2oc(Nc3ccccc3C)c(-c3ccccc3)c2c(=O)o1. The van der Waals surface area contributed by atoms with Gasteiger partial charge in [-0.2, -0.15) is 0 Å². The van der Waals surface area contributed by atoms with Crippen molar-refractivity contribution in [3.8, 4) is 11.1 Å². The molecule has 0 atom stereocenters. The number of nitrogens with one attached hydrogen (secondary N) is 1. The molecule has 0 saturated carbocycles. The largest absolute Gasteiger partial charge is 0.439 e. The molecule has 0 saturated heterocycles. The Bertz CT molecular complexity index is 1110. The van der Waals surface area contributed by atoms with Crippen molar-refractivity contribution in [1.82, 2.24) is 0 Å². The summed E-state index contributed by atoms with van der Waals surface area (Å²) in [6, 6.07) is 19.4. The van der Waals surface area contributed by atoms with Gasteiger partial charge in [-0.25, -0.2) is 4.79 Å². The van der Waals surface area contributed by atoms with Gasteiger partial charge in [0.15, 0.2) is 0 Å². The molecule has 2 aromatic heterocycles. The van der Waals surface area contributed by atoms with Gasteiger partial charge in [0.1, 0.15) is 16.7 Å². The van der Waals surface area contributed by atoms with E-state index in [1.165, 1.54) is 0 Å². The number of hydrogen-bond donors (Lipinski definition) is 1. The highest BCUT2D eigenvalue weighted by atomic mass is 16.4. The van der Waals surface area contributed by atoms with Gasteiger partial charge in [-0.15, -0.1) is 0 Å². The number of anilines is 2. The molecule has 0 fully saturated rings. The van der Waals surface area contributed by atoms with Gasteiger partial charge in [-0.3, -0.25) is 0 Å². The first kappa shape index (κ1) is 15.3. The van der Waals surface area contributed by atoms with Gasteiger partial charge in [-0.1, -0.05) is 48.5 Å². The van der Waals surface area contributed by atoms with Crippen LogP contribution in [-0.2, 0) is 0 Å². The van der Waals surface area contributed by atoms with Crippen molar-refractivity contribution in [3.63, 3.8) is 0 Å². The van der Waals surface area contributed by atoms with E-state index in [9.17, 15) is 4.79 Å². The maximum absolute atomic E-state index is 12.5. The average Bonchev–Trinajstić information content (AvgIpc) is 2.96. The van der Waals surface area contributed by atoms with E-state index in [-0.39, 0.29) is 0 Å². The molecule has 2 heterocycles. The highest BCUT2D eigenvalue weighted by molar-refractivity contribution is 6.00. The fourth-order valence-corrected chi connectivity index (χ4v) is 2.97. The van der Waals surface area contributed by atoms with Gasteiger partial charge >= 0.3 is 5.63 Å². The standard InChI is InChI=1S/C21H17NO3/c1-13-8-6-7-11-16(13)22-20-18(15-9-4-3-5-10-15)19-17(25-20)12-14(2)24-21(19)23/h3-12,22H,1-2H3. The van der Waals surface area contributed by atoms with Gasteiger partial charge in [0.2, 0.25) is 5.88 Å². The second-order valence-corrected chi connectivity index (χ2v) is 6.00. The molecule has 0 aliphatic carbocycles. The van der Waals surface area contributed by atoms with E-state index in [2.05, 4.69) is 5.32 Å². The molecule has 2 aromatic carbocycles. The summed E-state index contributed by atoms with van der Waals surface area (Å²) in [7, 11) is 0. The Morgan fingerprint density at radius 3 is 2.36 bits per heavy atom. The minimum Gasteiger partial charge on any atom is -0.439 e. The van der Waals surface area contributed by atoms with Crippen molar-refractivity contribution in [2.24, 2.45) is 0 Å². The summed E-state index contributed by atoms with van der Waals surface area (Å²) in [6.07, 6.45) is 0. The second kappa shape index (κ2) is 5.98. The first-order chi connectivity index (χ1) is 12.1. The summed E-state index contributed by atoms with van der Waals surface area (Å²) >= 11 is 0. The van der Waals surface area contributed by atoms with Crippen LogP contribution in [0.25, 0.3) is 22.1 Å². The Hall–Kier alpha value is -3.27. The summed E-state index contributed by atoms with van der Waals surface area (Å²) in [5, 5.41) is 3.78. The van der Waals surface area contributed by atoms with Crippen molar-refractivity contribution >= 4 is 22.5 Å². The Labute approximate surface area is 144 Å². The summed E-state index contributed by atoms with van der Waals surface area (Å²) in [5.41, 5.74) is 3.75. The molecule has 4 nitrogen and oxygen atoms in total. The lowest BCUT2D eigenvalue weighted by Gasteiger charge is -2.09. The maximum atomic E-state index is 12.5. The smallest absolute Gasteiger partial charge is 0.347 e. The third-order valence-corrected chi connectivity index (χ3v) is 4.18. The molecule has 25 heavy (non-hydrogen) atoms. The number of rotatable bonds is 3. The molecule has 124 valence electrons. The van der Waals surface area contributed by atoms with Crippen LogP contribution in [0.15, 0.2) is 74.3 Å². The van der Waals surface area contributed by atoms with E-state index in [1.807, 2.05) is 61.5 Å². The molecule has 0 aliphatic rings. The van der Waals surface area contributed by atoms with E-state index in [0.29, 0.717) is 28.2 Å². The van der Waals surface area contributed by atoms with Crippen molar-refractivity contribution in [2.45, 2.75) is 13.8 Å². The van der Waals surface area contributed by atoms with Crippen LogP contribution in [-0.4, -0.2) is 0 Å². The molecule has 1 N–H and O–H groups in total. The lowest BCUT2D eigenvalue weighted by atomic mass is 10.0. The zero-order chi connectivity index (χ0) is 17.4. The fourth-order valence-electron chi connectivity index (χ4n) is 2.97. The number of furan rings is 1. The van der Waals surface area contributed by atoms with Crippen LogP contribution in [0.5, 0.6) is 0 Å². The molecule has 0 radical (unpaired) electrons. The Morgan fingerprint density at radius 1 is 0.880 bits per heavy atom. The summed E-state index contributed by atoms with van der Waals surface area (Å²) in [6.45, 7) is 3.76. The predicted molar refractivity (Wildman–Crippen MR) is 99.4 cm³/mol. The lowest BCUT2D eigenvalue weighted by Crippen LogP contribution is -2.00. The lowest BCUT2D eigenvalue weighted by molar-refractivity contribution is 0.485. The van der Waals surface area contributed by atoms with Gasteiger partial charge in [0.25, 0.3) is 0 Å². The summed E-state index contributed by atoms with van der Waals surface area (Å²) < 4.78 is 11.3. The third-order valence-electron chi connectivity index (χ3n) is 4.18. The molecule has 0 bridgehead atoms. The number of aryl methyl sites for hydroxylation is 2. The van der Waals surface area contributed by atoms with E-state index >= 15 is 0 Å². The van der Waals surface area contributed by atoms with E-state index in [4.69, 9.17) is 8.83 Å². The third kappa shape index (κ3) is 2.72. The first-order valence-electron chi connectivity index (χ1n) is 8.09. The van der Waals surface area contributed by atoms with Gasteiger partial charge < -0.3 is 14.2 Å².